The van der Waals surface area contributed by atoms with Crippen LogP contribution in [0.4, 0.5) is 0 Å². The second-order valence-electron chi connectivity index (χ2n) is 16.2. The van der Waals surface area contributed by atoms with Crippen LogP contribution in [0.1, 0.15) is 55.5 Å². The molecule has 0 bridgehead atoms. The number of benzene rings is 6. The monoisotopic (exact) mass is 758 g/mol. The van der Waals surface area contributed by atoms with Crippen molar-refractivity contribution in [2.75, 3.05) is 0 Å². The summed E-state index contributed by atoms with van der Waals surface area (Å²) in [6.45, 7) is 15.0. The van der Waals surface area contributed by atoms with Gasteiger partial charge in [-0.05, 0) is 73.3 Å². The first-order valence-corrected chi connectivity index (χ1v) is 22.9. The number of ether oxygens (including phenoxy) is 1. The van der Waals surface area contributed by atoms with Gasteiger partial charge in [0, 0.05) is 16.7 Å². The number of fused-ring (bicyclic) bond motifs is 1. The zero-order valence-corrected chi connectivity index (χ0v) is 34.4. The molecule has 1 heterocycles. The number of allylic oxidation sites excluding steroid dienone is 1. The van der Waals surface area contributed by atoms with Crippen LogP contribution in [0, 0.1) is 6.92 Å². The predicted octanol–water partition coefficient (Wildman–Crippen LogP) is 8.48. The van der Waals surface area contributed by atoms with Gasteiger partial charge in [-0.3, -0.25) is 0 Å². The van der Waals surface area contributed by atoms with Crippen molar-refractivity contribution in [1.29, 1.82) is 0 Å². The van der Waals surface area contributed by atoms with Crippen molar-refractivity contribution < 1.29 is 19.4 Å². The van der Waals surface area contributed by atoms with Gasteiger partial charge in [0.25, 0.3) is 16.6 Å². The third kappa shape index (κ3) is 6.85. The number of hydrogen-bond acceptors (Lipinski definition) is 4. The molecule has 6 aromatic rings. The molecule has 0 atom stereocenters. The molecule has 0 spiro atoms. The summed E-state index contributed by atoms with van der Waals surface area (Å²) >= 11 is 0. The van der Waals surface area contributed by atoms with Crippen LogP contribution >= 0.6 is 0 Å². The zero-order chi connectivity index (χ0) is 39.0. The summed E-state index contributed by atoms with van der Waals surface area (Å²) in [5.41, 5.74) is 5.11. The smallest absolute Gasteiger partial charge is 0.258 e. The summed E-state index contributed by atoms with van der Waals surface area (Å²) in [5, 5.41) is 14.4. The average molecular weight is 759 g/mol. The molecule has 0 radical (unpaired) electrons. The van der Waals surface area contributed by atoms with Crippen LogP contribution < -0.4 is 25.5 Å². The molecular formula is C49H50O4Si2. The molecule has 4 nitrogen and oxygen atoms in total. The van der Waals surface area contributed by atoms with Gasteiger partial charge in [0.15, 0.2) is 11.5 Å². The van der Waals surface area contributed by atoms with E-state index >= 15 is 0 Å². The quantitative estimate of drug-likeness (QED) is 0.116. The van der Waals surface area contributed by atoms with Crippen molar-refractivity contribution in [3.8, 4) is 5.75 Å². The lowest BCUT2D eigenvalue weighted by molar-refractivity contribution is 0.398. The van der Waals surface area contributed by atoms with Gasteiger partial charge < -0.3 is 19.4 Å². The van der Waals surface area contributed by atoms with E-state index in [4.69, 9.17) is 4.74 Å². The molecule has 0 amide bonds. The minimum atomic E-state index is -3.25. The van der Waals surface area contributed by atoms with Gasteiger partial charge in [-0.2, -0.15) is 0 Å². The molecule has 0 aliphatic carbocycles. The fourth-order valence-corrected chi connectivity index (χ4v) is 16.1. The normalized spacial score (nSPS) is 13.7. The van der Waals surface area contributed by atoms with Crippen LogP contribution in [0.2, 0.25) is 10.1 Å². The lowest BCUT2D eigenvalue weighted by Crippen LogP contribution is -2.65. The Morgan fingerprint density at radius 1 is 0.545 bits per heavy atom. The Kier molecular flexibility index (Phi) is 10.2. The number of aryl methyl sites for hydroxylation is 1. The van der Waals surface area contributed by atoms with E-state index < -0.39 is 26.7 Å². The van der Waals surface area contributed by atoms with E-state index in [0.717, 1.165) is 48.6 Å². The minimum absolute atomic E-state index is 0.0154. The molecule has 0 unspecified atom stereocenters. The van der Waals surface area contributed by atoms with Gasteiger partial charge in [0.1, 0.15) is 5.75 Å². The van der Waals surface area contributed by atoms with Gasteiger partial charge in [0.05, 0.1) is 0 Å². The van der Waals surface area contributed by atoms with Crippen LogP contribution in [-0.2, 0) is 12.8 Å². The van der Waals surface area contributed by atoms with Gasteiger partial charge in [-0.1, -0.05) is 186 Å². The fourth-order valence-electron chi connectivity index (χ4n) is 8.67. The molecule has 3 N–H and O–H groups in total. The van der Waals surface area contributed by atoms with E-state index in [2.05, 4.69) is 52.5 Å². The van der Waals surface area contributed by atoms with Crippen LogP contribution in [0.5, 0.6) is 5.75 Å². The molecule has 6 aromatic carbocycles. The van der Waals surface area contributed by atoms with E-state index in [-0.39, 0.29) is 5.76 Å². The third-order valence-electron chi connectivity index (χ3n) is 11.6. The Labute approximate surface area is 328 Å². The maximum absolute atomic E-state index is 12.8. The number of hydrogen-bond donors (Lipinski definition) is 3. The predicted molar refractivity (Wildman–Crippen MR) is 233 cm³/mol. The molecule has 7 rings (SSSR count). The lowest BCUT2D eigenvalue weighted by Gasteiger charge is -2.41. The molecule has 278 valence electrons. The molecular weight excluding hydrogens is 709 g/mol. The molecule has 0 saturated heterocycles. The molecule has 1 aliphatic rings. The fraction of sp³-hybridized carbons (Fsp3) is 0.184. The highest BCUT2D eigenvalue weighted by molar-refractivity contribution is 6.99. The van der Waals surface area contributed by atoms with Crippen molar-refractivity contribution >= 4 is 48.7 Å². The second-order valence-corrected chi connectivity index (χ2v) is 24.1. The van der Waals surface area contributed by atoms with E-state index in [1.54, 1.807) is 0 Å². The van der Waals surface area contributed by atoms with E-state index in [1.165, 1.54) is 0 Å². The van der Waals surface area contributed by atoms with Crippen LogP contribution in [0.3, 0.4) is 0 Å². The molecule has 1 aliphatic heterocycles. The van der Waals surface area contributed by atoms with Crippen molar-refractivity contribution in [3.63, 3.8) is 0 Å². The summed E-state index contributed by atoms with van der Waals surface area (Å²) < 4.78 is 6.59. The Morgan fingerprint density at radius 3 is 1.33 bits per heavy atom. The minimum Gasteiger partial charge on any atom is -0.504 e. The SMILES string of the molecule is C=C1C(O)=C(c2ccc(CC(C)(C)[Si](O)(c3ccccc3)c3ccccc3)cc2)Oc2cc(CC(C)(C)[Si](O)(c3ccccc3)c3ccccc3)cc(C)c21. The number of aliphatic hydroxyl groups is 1. The van der Waals surface area contributed by atoms with E-state index in [1.807, 2.05) is 146 Å². The van der Waals surface area contributed by atoms with Crippen molar-refractivity contribution in [3.05, 3.63) is 198 Å². The highest BCUT2D eigenvalue weighted by Gasteiger charge is 2.51. The van der Waals surface area contributed by atoms with Crippen LogP contribution in [0.25, 0.3) is 11.3 Å². The largest absolute Gasteiger partial charge is 0.504 e. The van der Waals surface area contributed by atoms with Crippen molar-refractivity contribution in [2.45, 2.75) is 57.5 Å². The van der Waals surface area contributed by atoms with Crippen molar-refractivity contribution in [1.82, 2.24) is 0 Å². The molecule has 0 saturated carbocycles. The Balaban J connectivity index is 1.17. The number of rotatable bonds is 11. The summed E-state index contributed by atoms with van der Waals surface area (Å²) in [6.07, 6.45) is 1.27. The van der Waals surface area contributed by atoms with Gasteiger partial charge in [-0.25, -0.2) is 0 Å². The van der Waals surface area contributed by atoms with Crippen LogP contribution in [-0.4, -0.2) is 31.3 Å². The topological polar surface area (TPSA) is 69.9 Å². The van der Waals surface area contributed by atoms with Crippen LogP contribution in [0.15, 0.2) is 170 Å². The number of aliphatic hydroxyl groups excluding tert-OH is 1. The summed E-state index contributed by atoms with van der Waals surface area (Å²) in [6, 6.07) is 52.6. The summed E-state index contributed by atoms with van der Waals surface area (Å²) in [4.78, 5) is 25.5. The highest BCUT2D eigenvalue weighted by atomic mass is 28.4. The maximum Gasteiger partial charge on any atom is 0.258 e. The highest BCUT2D eigenvalue weighted by Crippen LogP contribution is 2.45. The first-order chi connectivity index (χ1) is 26.3. The second kappa shape index (κ2) is 14.8. The Morgan fingerprint density at radius 2 is 0.927 bits per heavy atom. The maximum atomic E-state index is 12.8. The molecule has 6 heteroatoms. The molecule has 55 heavy (non-hydrogen) atoms. The van der Waals surface area contributed by atoms with Gasteiger partial charge in [-0.15, -0.1) is 0 Å². The Hall–Kier alpha value is -5.25. The Bertz CT molecular complexity index is 2260. The van der Waals surface area contributed by atoms with Crippen molar-refractivity contribution in [2.24, 2.45) is 0 Å². The summed E-state index contributed by atoms with van der Waals surface area (Å²) in [7, 11) is -6.45. The van der Waals surface area contributed by atoms with Gasteiger partial charge >= 0.3 is 0 Å². The standard InChI is InChI=1S/C49H50O4Si2/c1-35-31-38(34-49(5,6)55(52,42-23-15-9-16-24-42)43-25-17-10-18-26-43)32-44-45(35)36(2)46(50)47(53-44)39-29-27-37(28-30-39)33-48(3,4)54(51,40-19-11-7-12-20-40)41-21-13-8-14-22-41/h7-32,50-52H,2,33-34H2,1,3-6H3. The third-order valence-corrected chi connectivity index (χ3v) is 20.6. The van der Waals surface area contributed by atoms with E-state index in [9.17, 15) is 14.7 Å². The first-order valence-electron chi connectivity index (χ1n) is 19.0. The van der Waals surface area contributed by atoms with Gasteiger partial charge in [0.2, 0.25) is 0 Å². The van der Waals surface area contributed by atoms with E-state index in [0.29, 0.717) is 29.9 Å². The summed E-state index contributed by atoms with van der Waals surface area (Å²) in [5.74, 6) is 1.01. The first kappa shape index (κ1) is 38.0. The average Bonchev–Trinajstić information content (AvgIpc) is 3.19. The lowest BCUT2D eigenvalue weighted by atomic mass is 9.91. The molecule has 0 fully saturated rings. The zero-order valence-electron chi connectivity index (χ0n) is 32.4. The molecule has 0 aromatic heterocycles.